The molecule has 0 saturated heterocycles. The summed E-state index contributed by atoms with van der Waals surface area (Å²) >= 11 is 1.58. The Labute approximate surface area is 159 Å². The van der Waals surface area contributed by atoms with Gasteiger partial charge in [-0.25, -0.2) is 4.98 Å². The molecule has 0 saturated carbocycles. The number of rotatable bonds is 2. The van der Waals surface area contributed by atoms with Crippen LogP contribution in [0.2, 0.25) is 0 Å². The highest BCUT2D eigenvalue weighted by Gasteiger charge is 2.33. The van der Waals surface area contributed by atoms with E-state index < -0.39 is 0 Å². The van der Waals surface area contributed by atoms with Gasteiger partial charge in [-0.15, -0.1) is 0 Å². The van der Waals surface area contributed by atoms with Crippen LogP contribution in [0.25, 0.3) is 15.3 Å². The van der Waals surface area contributed by atoms with Crippen molar-refractivity contribution in [2.75, 3.05) is 5.32 Å². The Morgan fingerprint density at radius 1 is 1.19 bits per heavy atom. The molecule has 134 valence electrons. The number of thiazole rings is 1. The molecule has 1 aliphatic heterocycles. The van der Waals surface area contributed by atoms with Crippen LogP contribution in [0.4, 0.5) is 5.82 Å². The van der Waals surface area contributed by atoms with Crippen LogP contribution in [0.1, 0.15) is 34.7 Å². The standard InChI is InChI=1S/C20H17N5OS/c1-11-3-4-15-16(9-11)27-20(22-15)25-19-18(12(2)24-25)14(10-17(26)23-19)13-5-7-21-8-6-13/h3-9,14H,10H2,1-2H3,(H,23,26)/t14-/m1/s1. The van der Waals surface area contributed by atoms with Gasteiger partial charge in [-0.3, -0.25) is 9.78 Å². The van der Waals surface area contributed by atoms with E-state index in [0.717, 1.165) is 38.0 Å². The number of aryl methyl sites for hydroxylation is 2. The average molecular weight is 375 g/mol. The van der Waals surface area contributed by atoms with Gasteiger partial charge in [0, 0.05) is 30.3 Å². The molecule has 1 amide bonds. The Balaban J connectivity index is 1.68. The number of carbonyl (C=O) groups excluding carboxylic acids is 1. The van der Waals surface area contributed by atoms with Crippen molar-refractivity contribution in [3.8, 4) is 5.13 Å². The lowest BCUT2D eigenvalue weighted by Gasteiger charge is -2.23. The Morgan fingerprint density at radius 2 is 2.00 bits per heavy atom. The van der Waals surface area contributed by atoms with E-state index in [-0.39, 0.29) is 11.8 Å². The van der Waals surface area contributed by atoms with E-state index in [4.69, 9.17) is 10.1 Å². The van der Waals surface area contributed by atoms with Crippen LogP contribution in [0, 0.1) is 13.8 Å². The average Bonchev–Trinajstić information content (AvgIpc) is 3.22. The van der Waals surface area contributed by atoms with Crippen molar-refractivity contribution >= 4 is 33.3 Å². The van der Waals surface area contributed by atoms with Gasteiger partial charge in [-0.05, 0) is 49.2 Å². The van der Waals surface area contributed by atoms with E-state index in [1.54, 1.807) is 28.4 Å². The molecule has 4 heterocycles. The Hall–Kier alpha value is -3.06. The highest BCUT2D eigenvalue weighted by molar-refractivity contribution is 7.20. The first-order chi connectivity index (χ1) is 13.1. The molecule has 1 N–H and O–H groups in total. The topological polar surface area (TPSA) is 72.7 Å². The van der Waals surface area contributed by atoms with Gasteiger partial charge in [0.2, 0.25) is 11.0 Å². The summed E-state index contributed by atoms with van der Waals surface area (Å²) in [5.41, 5.74) is 5.17. The molecule has 6 nitrogen and oxygen atoms in total. The first-order valence-electron chi connectivity index (χ1n) is 8.77. The minimum Gasteiger partial charge on any atom is -0.310 e. The van der Waals surface area contributed by atoms with E-state index >= 15 is 0 Å². The maximum absolute atomic E-state index is 12.4. The van der Waals surface area contributed by atoms with E-state index in [1.165, 1.54) is 5.56 Å². The maximum atomic E-state index is 12.4. The molecule has 0 aliphatic carbocycles. The van der Waals surface area contributed by atoms with E-state index in [1.807, 2.05) is 25.1 Å². The fourth-order valence-electron chi connectivity index (χ4n) is 3.68. The molecule has 0 radical (unpaired) electrons. The first kappa shape index (κ1) is 16.1. The summed E-state index contributed by atoms with van der Waals surface area (Å²) in [5, 5.41) is 8.50. The molecule has 7 heteroatoms. The molecule has 4 aromatic rings. The van der Waals surface area contributed by atoms with Crippen molar-refractivity contribution in [3.05, 3.63) is 65.1 Å². The molecule has 0 bridgehead atoms. The van der Waals surface area contributed by atoms with Crippen LogP contribution < -0.4 is 5.32 Å². The second-order valence-electron chi connectivity index (χ2n) is 6.81. The molecule has 3 aromatic heterocycles. The highest BCUT2D eigenvalue weighted by atomic mass is 32.1. The van der Waals surface area contributed by atoms with Gasteiger partial charge in [-0.1, -0.05) is 17.4 Å². The zero-order valence-corrected chi connectivity index (χ0v) is 15.7. The minimum absolute atomic E-state index is 0.0117. The van der Waals surface area contributed by atoms with Crippen molar-refractivity contribution in [2.24, 2.45) is 0 Å². The second-order valence-corrected chi connectivity index (χ2v) is 7.82. The zero-order valence-electron chi connectivity index (χ0n) is 14.9. The Kier molecular flexibility index (Phi) is 3.58. The van der Waals surface area contributed by atoms with E-state index in [0.29, 0.717) is 6.42 Å². The number of benzene rings is 1. The van der Waals surface area contributed by atoms with Gasteiger partial charge in [-0.2, -0.15) is 9.78 Å². The predicted octanol–water partition coefficient (Wildman–Crippen LogP) is 3.97. The summed E-state index contributed by atoms with van der Waals surface area (Å²) in [6, 6.07) is 10.1. The molecular weight excluding hydrogens is 358 g/mol. The maximum Gasteiger partial charge on any atom is 0.226 e. The number of fused-ring (bicyclic) bond motifs is 2. The Bertz CT molecular complexity index is 1180. The monoisotopic (exact) mass is 375 g/mol. The van der Waals surface area contributed by atoms with Crippen molar-refractivity contribution in [2.45, 2.75) is 26.2 Å². The van der Waals surface area contributed by atoms with Crippen LogP contribution in [0.5, 0.6) is 0 Å². The first-order valence-corrected chi connectivity index (χ1v) is 9.58. The summed E-state index contributed by atoms with van der Waals surface area (Å²) in [5.74, 6) is 0.686. The molecular formula is C20H17N5OS. The third-order valence-electron chi connectivity index (χ3n) is 4.92. The zero-order chi connectivity index (χ0) is 18.5. The molecule has 1 atom stereocenters. The summed E-state index contributed by atoms with van der Waals surface area (Å²) in [7, 11) is 0. The number of hydrogen-bond acceptors (Lipinski definition) is 5. The SMILES string of the molecule is Cc1ccc2nc(-n3nc(C)c4c3NC(=O)C[C@@H]4c3ccncc3)sc2c1. The molecule has 5 rings (SSSR count). The quantitative estimate of drug-likeness (QED) is 0.575. The fourth-order valence-corrected chi connectivity index (χ4v) is 4.70. The van der Waals surface area contributed by atoms with Crippen LogP contribution in [0.3, 0.4) is 0 Å². The minimum atomic E-state index is -0.0258. The van der Waals surface area contributed by atoms with Gasteiger partial charge < -0.3 is 5.32 Å². The van der Waals surface area contributed by atoms with Crippen LogP contribution in [-0.2, 0) is 4.79 Å². The van der Waals surface area contributed by atoms with Crippen LogP contribution >= 0.6 is 11.3 Å². The van der Waals surface area contributed by atoms with Gasteiger partial charge in [0.25, 0.3) is 0 Å². The van der Waals surface area contributed by atoms with Crippen molar-refractivity contribution in [1.29, 1.82) is 0 Å². The number of nitrogens with zero attached hydrogens (tertiary/aromatic N) is 4. The molecule has 27 heavy (non-hydrogen) atoms. The number of aromatic nitrogens is 4. The van der Waals surface area contributed by atoms with Gasteiger partial charge in [0.15, 0.2) is 0 Å². The summed E-state index contributed by atoms with van der Waals surface area (Å²) in [6.45, 7) is 4.05. The number of pyridine rings is 1. The van der Waals surface area contributed by atoms with Crippen LogP contribution in [0.15, 0.2) is 42.7 Å². The lowest BCUT2D eigenvalue weighted by Crippen LogP contribution is -2.24. The lowest BCUT2D eigenvalue weighted by molar-refractivity contribution is -0.116. The number of hydrogen-bond donors (Lipinski definition) is 1. The molecule has 0 fully saturated rings. The highest BCUT2D eigenvalue weighted by Crippen LogP contribution is 2.40. The smallest absolute Gasteiger partial charge is 0.226 e. The van der Waals surface area contributed by atoms with E-state index in [9.17, 15) is 4.79 Å². The summed E-state index contributed by atoms with van der Waals surface area (Å²) < 4.78 is 2.88. The number of carbonyl (C=O) groups is 1. The third kappa shape index (κ3) is 2.62. The lowest BCUT2D eigenvalue weighted by atomic mass is 9.86. The third-order valence-corrected chi connectivity index (χ3v) is 5.92. The van der Waals surface area contributed by atoms with Crippen LogP contribution in [-0.4, -0.2) is 25.7 Å². The number of nitrogens with one attached hydrogen (secondary N) is 1. The normalized spacial score (nSPS) is 16.4. The molecule has 1 aliphatic rings. The second kappa shape index (κ2) is 5.99. The Morgan fingerprint density at radius 3 is 2.81 bits per heavy atom. The van der Waals surface area contributed by atoms with Crippen molar-refractivity contribution in [3.63, 3.8) is 0 Å². The van der Waals surface area contributed by atoms with Gasteiger partial charge in [0.1, 0.15) is 5.82 Å². The fraction of sp³-hybridized carbons (Fsp3) is 0.200. The molecule has 0 spiro atoms. The number of amides is 1. The molecule has 1 aromatic carbocycles. The van der Waals surface area contributed by atoms with Gasteiger partial charge in [0.05, 0.1) is 15.9 Å². The predicted molar refractivity (Wildman–Crippen MR) is 106 cm³/mol. The van der Waals surface area contributed by atoms with E-state index in [2.05, 4.69) is 29.4 Å². The van der Waals surface area contributed by atoms with Gasteiger partial charge >= 0.3 is 0 Å². The van der Waals surface area contributed by atoms with Crippen molar-refractivity contribution in [1.82, 2.24) is 19.7 Å². The summed E-state index contributed by atoms with van der Waals surface area (Å²) in [6.07, 6.45) is 3.93. The molecule has 0 unspecified atom stereocenters. The number of anilines is 1. The summed E-state index contributed by atoms with van der Waals surface area (Å²) in [4.78, 5) is 21.3. The van der Waals surface area contributed by atoms with Crippen molar-refractivity contribution < 1.29 is 4.79 Å². The largest absolute Gasteiger partial charge is 0.310 e.